The van der Waals surface area contributed by atoms with Crippen LogP contribution in [0.15, 0.2) is 0 Å². The molecule has 0 atom stereocenters. The lowest BCUT2D eigenvalue weighted by molar-refractivity contribution is -0.137. The molecule has 57 valence electrons. The van der Waals surface area contributed by atoms with E-state index in [4.69, 9.17) is 5.11 Å². The van der Waals surface area contributed by atoms with Gasteiger partial charge in [0, 0.05) is 6.42 Å². The Kier molecular flexibility index (Phi) is 2.72. The van der Waals surface area contributed by atoms with Gasteiger partial charge in [0.15, 0.2) is 0 Å². The van der Waals surface area contributed by atoms with Gasteiger partial charge in [-0.25, -0.2) is 0 Å². The minimum Gasteiger partial charge on any atom is -0.481 e. The lowest BCUT2D eigenvalue weighted by atomic mass is 10.0. The largest absolute Gasteiger partial charge is 0.481 e. The predicted molar refractivity (Wildman–Crippen MR) is 38.6 cm³/mol. The summed E-state index contributed by atoms with van der Waals surface area (Å²) >= 11 is 0. The van der Waals surface area contributed by atoms with E-state index in [-0.39, 0.29) is 0 Å². The number of carboxylic acids is 1. The van der Waals surface area contributed by atoms with Gasteiger partial charge < -0.3 is 5.11 Å². The summed E-state index contributed by atoms with van der Waals surface area (Å²) in [6.45, 7) is 0. The van der Waals surface area contributed by atoms with E-state index < -0.39 is 5.97 Å². The van der Waals surface area contributed by atoms with Crippen molar-refractivity contribution in [3.05, 3.63) is 5.92 Å². The molecule has 1 aliphatic rings. The summed E-state index contributed by atoms with van der Waals surface area (Å²) in [6, 6.07) is 0. The number of hydrogen-bond donors (Lipinski definition) is 1. The molecule has 1 rings (SSSR count). The third-order valence-electron chi connectivity index (χ3n) is 2.00. The van der Waals surface area contributed by atoms with Crippen LogP contribution in [0.4, 0.5) is 0 Å². The minimum absolute atomic E-state index is 0.329. The third kappa shape index (κ3) is 2.38. The van der Waals surface area contributed by atoms with Crippen molar-refractivity contribution < 1.29 is 9.90 Å². The van der Waals surface area contributed by atoms with Crippen LogP contribution in [-0.4, -0.2) is 11.1 Å². The first-order chi connectivity index (χ1) is 4.79. The molecule has 2 nitrogen and oxygen atoms in total. The fraction of sp³-hybridized carbons (Fsp3) is 0.750. The molecule has 0 aromatic carbocycles. The molecule has 1 fully saturated rings. The third-order valence-corrected chi connectivity index (χ3v) is 2.00. The maximum Gasteiger partial charge on any atom is 0.303 e. The topological polar surface area (TPSA) is 37.3 Å². The minimum atomic E-state index is -0.667. The van der Waals surface area contributed by atoms with E-state index >= 15 is 0 Å². The monoisotopic (exact) mass is 141 g/mol. The van der Waals surface area contributed by atoms with Gasteiger partial charge in [-0.3, -0.25) is 4.79 Å². The fourth-order valence-electron chi connectivity index (χ4n) is 1.41. The van der Waals surface area contributed by atoms with E-state index in [2.05, 4.69) is 0 Å². The van der Waals surface area contributed by atoms with Crippen molar-refractivity contribution in [3.8, 4) is 0 Å². The van der Waals surface area contributed by atoms with Gasteiger partial charge in [-0.1, -0.05) is 12.8 Å². The molecule has 1 saturated carbocycles. The number of rotatable bonds is 3. The van der Waals surface area contributed by atoms with Crippen LogP contribution in [0.25, 0.3) is 0 Å². The molecular weight excluding hydrogens is 128 g/mol. The maximum atomic E-state index is 10.1. The summed E-state index contributed by atoms with van der Waals surface area (Å²) in [5, 5.41) is 8.36. The quantitative estimate of drug-likeness (QED) is 0.652. The number of aliphatic carboxylic acids is 1. The molecule has 0 saturated heterocycles. The molecule has 0 heterocycles. The van der Waals surface area contributed by atoms with Gasteiger partial charge in [-0.2, -0.15) is 0 Å². The summed E-state index contributed by atoms with van der Waals surface area (Å²) in [4.78, 5) is 10.1. The number of carboxylic acid groups (broad SMARTS) is 1. The Balaban J connectivity index is 2.07. The highest BCUT2D eigenvalue weighted by molar-refractivity contribution is 5.66. The predicted octanol–water partition coefficient (Wildman–Crippen LogP) is 2.00. The zero-order valence-corrected chi connectivity index (χ0v) is 6.10. The first-order valence-corrected chi connectivity index (χ1v) is 3.84. The molecule has 0 bridgehead atoms. The highest BCUT2D eigenvalue weighted by atomic mass is 16.4. The highest BCUT2D eigenvalue weighted by Gasteiger charge is 2.15. The summed E-state index contributed by atoms with van der Waals surface area (Å²) in [7, 11) is 0. The first kappa shape index (κ1) is 7.58. The van der Waals surface area contributed by atoms with Crippen LogP contribution in [0.3, 0.4) is 0 Å². The van der Waals surface area contributed by atoms with Crippen molar-refractivity contribution in [2.45, 2.75) is 38.5 Å². The van der Waals surface area contributed by atoms with E-state index in [0.29, 0.717) is 6.42 Å². The van der Waals surface area contributed by atoms with Gasteiger partial charge in [0.25, 0.3) is 0 Å². The summed E-state index contributed by atoms with van der Waals surface area (Å²) in [5.74, 6) is 0.793. The van der Waals surface area contributed by atoms with Crippen LogP contribution in [-0.2, 0) is 4.79 Å². The molecule has 0 unspecified atom stereocenters. The Hall–Kier alpha value is -0.530. The van der Waals surface area contributed by atoms with Crippen molar-refractivity contribution in [1.29, 1.82) is 0 Å². The van der Waals surface area contributed by atoms with Gasteiger partial charge in [-0.15, -0.1) is 0 Å². The van der Waals surface area contributed by atoms with Crippen LogP contribution < -0.4 is 0 Å². The van der Waals surface area contributed by atoms with Crippen molar-refractivity contribution >= 4 is 5.97 Å². The summed E-state index contributed by atoms with van der Waals surface area (Å²) < 4.78 is 0. The Morgan fingerprint density at radius 1 is 1.40 bits per heavy atom. The van der Waals surface area contributed by atoms with Crippen LogP contribution in [0, 0.1) is 5.92 Å². The molecule has 1 radical (unpaired) electrons. The molecule has 1 aliphatic carbocycles. The van der Waals surface area contributed by atoms with Gasteiger partial charge in [0.1, 0.15) is 0 Å². The lowest BCUT2D eigenvalue weighted by Crippen LogP contribution is -1.98. The zero-order valence-electron chi connectivity index (χ0n) is 6.10. The Bertz CT molecular complexity index is 114. The molecular formula is C8H13O2. The lowest BCUT2D eigenvalue weighted by Gasteiger charge is -2.03. The normalized spacial score (nSPS) is 19.6. The molecule has 2 heteroatoms. The number of carbonyl (C=O) groups is 1. The van der Waals surface area contributed by atoms with E-state index in [1.54, 1.807) is 0 Å². The first-order valence-electron chi connectivity index (χ1n) is 3.84. The van der Waals surface area contributed by atoms with E-state index in [1.807, 2.05) is 0 Å². The smallest absolute Gasteiger partial charge is 0.303 e. The second kappa shape index (κ2) is 3.59. The summed E-state index contributed by atoms with van der Waals surface area (Å²) in [5.41, 5.74) is 0. The van der Waals surface area contributed by atoms with E-state index in [9.17, 15) is 4.79 Å². The molecule has 0 amide bonds. The molecule has 0 aromatic heterocycles. The molecule has 0 spiro atoms. The molecule has 0 aliphatic heterocycles. The Morgan fingerprint density at radius 3 is 2.50 bits per heavy atom. The summed E-state index contributed by atoms with van der Waals surface area (Å²) in [6.07, 6.45) is 6.04. The second-order valence-electron chi connectivity index (χ2n) is 2.85. The Morgan fingerprint density at radius 2 is 2.00 bits per heavy atom. The second-order valence-corrected chi connectivity index (χ2v) is 2.85. The van der Waals surface area contributed by atoms with E-state index in [0.717, 1.165) is 6.42 Å². The van der Waals surface area contributed by atoms with Crippen molar-refractivity contribution in [2.75, 3.05) is 0 Å². The van der Waals surface area contributed by atoms with Crippen molar-refractivity contribution in [3.63, 3.8) is 0 Å². The average Bonchev–Trinajstić information content (AvgIpc) is 2.34. The Labute approximate surface area is 61.2 Å². The SMILES string of the molecule is O=C(O)CC[C]1CCCC1. The van der Waals surface area contributed by atoms with Crippen LogP contribution in [0.2, 0.25) is 0 Å². The van der Waals surface area contributed by atoms with Gasteiger partial charge >= 0.3 is 5.97 Å². The standard InChI is InChI=1S/C8H13O2/c9-8(10)6-5-7-3-1-2-4-7/h1-6H2,(H,9,10). The highest BCUT2D eigenvalue weighted by Crippen LogP contribution is 2.30. The zero-order chi connectivity index (χ0) is 7.40. The van der Waals surface area contributed by atoms with Crippen molar-refractivity contribution in [1.82, 2.24) is 0 Å². The van der Waals surface area contributed by atoms with Gasteiger partial charge in [0.05, 0.1) is 0 Å². The number of hydrogen-bond acceptors (Lipinski definition) is 1. The molecule has 0 aromatic rings. The maximum absolute atomic E-state index is 10.1. The van der Waals surface area contributed by atoms with Crippen LogP contribution >= 0.6 is 0 Å². The van der Waals surface area contributed by atoms with E-state index in [1.165, 1.54) is 31.6 Å². The molecule has 10 heavy (non-hydrogen) atoms. The average molecular weight is 141 g/mol. The van der Waals surface area contributed by atoms with Gasteiger partial charge in [0.2, 0.25) is 0 Å². The van der Waals surface area contributed by atoms with Crippen molar-refractivity contribution in [2.24, 2.45) is 0 Å². The molecule has 1 N–H and O–H groups in total. The van der Waals surface area contributed by atoms with Crippen LogP contribution in [0.1, 0.15) is 38.5 Å². The van der Waals surface area contributed by atoms with Gasteiger partial charge in [-0.05, 0) is 25.2 Å². The fourth-order valence-corrected chi connectivity index (χ4v) is 1.41. The van der Waals surface area contributed by atoms with Crippen LogP contribution in [0.5, 0.6) is 0 Å².